The van der Waals surface area contributed by atoms with Crippen LogP contribution >= 0.6 is 0 Å². The lowest BCUT2D eigenvalue weighted by molar-refractivity contribution is 0.115. The molecule has 1 aromatic carbocycles. The molecule has 0 heterocycles. The van der Waals surface area contributed by atoms with Gasteiger partial charge in [-0.3, -0.25) is 0 Å². The number of hydrogen-bond acceptors (Lipinski definition) is 3. The Bertz CT molecular complexity index is 431. The van der Waals surface area contributed by atoms with Gasteiger partial charge >= 0.3 is 6.09 Å². The molecule has 1 aliphatic carbocycles. The summed E-state index contributed by atoms with van der Waals surface area (Å²) in [4.78, 5) is 11.3. The third-order valence-corrected chi connectivity index (χ3v) is 3.02. The number of fused-ring (bicyclic) bond motifs is 1. The predicted molar refractivity (Wildman–Crippen MR) is 63.8 cm³/mol. The maximum Gasteiger partial charge on any atom is 0.407 e. The Labute approximate surface area is 101 Å². The molecule has 1 amide bonds. The number of ether oxygens (including phenoxy) is 1. The molecule has 0 fully saturated rings. The number of hydrogen-bond donors (Lipinski definition) is 2. The van der Waals surface area contributed by atoms with Gasteiger partial charge in [0.2, 0.25) is 0 Å². The van der Waals surface area contributed by atoms with Crippen LogP contribution in [0.15, 0.2) is 18.2 Å². The summed E-state index contributed by atoms with van der Waals surface area (Å²) in [5.74, 6) is 0. The van der Waals surface area contributed by atoms with Crippen LogP contribution in [0.4, 0.5) is 4.79 Å². The minimum Gasteiger partial charge on any atom is -0.450 e. The van der Waals surface area contributed by atoms with E-state index in [4.69, 9.17) is 4.74 Å². The standard InChI is InChI=1S/C13H17NO3/c1-3-17-13(16)14-11-7-9-5-4-8(2)6-10(9)12(11)15/h4-6,11-12,15H,3,7H2,1-2H3,(H,14,16). The Morgan fingerprint density at radius 2 is 2.35 bits per heavy atom. The van der Waals surface area contributed by atoms with Crippen molar-refractivity contribution in [2.24, 2.45) is 0 Å². The number of carbonyl (C=O) groups is 1. The topological polar surface area (TPSA) is 58.6 Å². The SMILES string of the molecule is CCOC(=O)NC1Cc2ccc(C)cc2C1O. The van der Waals surface area contributed by atoms with Crippen molar-refractivity contribution < 1.29 is 14.6 Å². The Balaban J connectivity index is 2.09. The van der Waals surface area contributed by atoms with E-state index < -0.39 is 12.2 Å². The third-order valence-electron chi connectivity index (χ3n) is 3.02. The molecule has 2 rings (SSSR count). The Hall–Kier alpha value is -1.55. The van der Waals surface area contributed by atoms with Gasteiger partial charge in [-0.1, -0.05) is 23.8 Å². The second-order valence-corrected chi connectivity index (χ2v) is 4.32. The summed E-state index contributed by atoms with van der Waals surface area (Å²) in [7, 11) is 0. The van der Waals surface area contributed by atoms with E-state index in [1.165, 1.54) is 0 Å². The maximum absolute atomic E-state index is 11.3. The van der Waals surface area contributed by atoms with Crippen molar-refractivity contribution in [1.29, 1.82) is 0 Å². The van der Waals surface area contributed by atoms with Gasteiger partial charge in [-0.05, 0) is 31.4 Å². The summed E-state index contributed by atoms with van der Waals surface area (Å²) in [6.07, 6.45) is -0.467. The van der Waals surface area contributed by atoms with Crippen molar-refractivity contribution in [1.82, 2.24) is 5.32 Å². The van der Waals surface area contributed by atoms with Crippen LogP contribution in [-0.2, 0) is 11.2 Å². The molecule has 1 aromatic rings. The molecular weight excluding hydrogens is 218 g/mol. The lowest BCUT2D eigenvalue weighted by Gasteiger charge is -2.16. The molecule has 2 unspecified atom stereocenters. The fraction of sp³-hybridized carbons (Fsp3) is 0.462. The highest BCUT2D eigenvalue weighted by Gasteiger charge is 2.32. The number of aliphatic hydroxyl groups excluding tert-OH is 1. The second-order valence-electron chi connectivity index (χ2n) is 4.32. The Morgan fingerprint density at radius 1 is 1.59 bits per heavy atom. The third kappa shape index (κ3) is 2.42. The number of rotatable bonds is 2. The number of benzene rings is 1. The van der Waals surface area contributed by atoms with Gasteiger partial charge < -0.3 is 15.2 Å². The molecule has 0 spiro atoms. The van der Waals surface area contributed by atoms with Gasteiger partial charge in [0.1, 0.15) is 0 Å². The fourth-order valence-corrected chi connectivity index (χ4v) is 2.19. The first-order valence-electron chi connectivity index (χ1n) is 5.82. The number of nitrogens with one attached hydrogen (secondary N) is 1. The predicted octanol–water partition coefficient (Wildman–Crippen LogP) is 1.70. The van der Waals surface area contributed by atoms with Crippen molar-refractivity contribution >= 4 is 6.09 Å². The first kappa shape index (κ1) is 11.9. The van der Waals surface area contributed by atoms with Crippen molar-refractivity contribution in [2.45, 2.75) is 32.4 Å². The molecule has 4 nitrogen and oxygen atoms in total. The molecule has 2 N–H and O–H groups in total. The van der Waals surface area contributed by atoms with E-state index >= 15 is 0 Å². The van der Waals surface area contributed by atoms with Crippen molar-refractivity contribution in [2.75, 3.05) is 6.61 Å². The molecule has 0 saturated heterocycles. The average Bonchev–Trinajstić information content (AvgIpc) is 2.57. The molecule has 0 radical (unpaired) electrons. The normalized spacial score (nSPS) is 22.1. The van der Waals surface area contributed by atoms with Crippen LogP contribution in [0.2, 0.25) is 0 Å². The Kier molecular flexibility index (Phi) is 3.33. The second kappa shape index (κ2) is 4.75. The quantitative estimate of drug-likeness (QED) is 0.820. The van der Waals surface area contributed by atoms with Gasteiger partial charge in [0.05, 0.1) is 18.8 Å². The molecule has 1 aliphatic rings. The monoisotopic (exact) mass is 235 g/mol. The summed E-state index contributed by atoms with van der Waals surface area (Å²) in [5.41, 5.74) is 3.11. The molecule has 2 atom stereocenters. The van der Waals surface area contributed by atoms with Crippen LogP contribution in [0, 0.1) is 6.92 Å². The number of aliphatic hydroxyl groups is 1. The zero-order valence-corrected chi connectivity index (χ0v) is 10.1. The summed E-state index contributed by atoms with van der Waals surface area (Å²) >= 11 is 0. The smallest absolute Gasteiger partial charge is 0.407 e. The van der Waals surface area contributed by atoms with Crippen LogP contribution in [0.25, 0.3) is 0 Å². The van der Waals surface area contributed by atoms with E-state index in [1.54, 1.807) is 6.92 Å². The van der Waals surface area contributed by atoms with Gasteiger partial charge in [0.15, 0.2) is 0 Å². The van der Waals surface area contributed by atoms with Gasteiger partial charge in [-0.2, -0.15) is 0 Å². The lowest BCUT2D eigenvalue weighted by Crippen LogP contribution is -2.38. The largest absolute Gasteiger partial charge is 0.450 e. The van der Waals surface area contributed by atoms with Crippen molar-refractivity contribution in [3.05, 3.63) is 34.9 Å². The first-order chi connectivity index (χ1) is 8.11. The highest BCUT2D eigenvalue weighted by molar-refractivity contribution is 5.68. The van der Waals surface area contributed by atoms with Crippen LogP contribution < -0.4 is 5.32 Å². The summed E-state index contributed by atoms with van der Waals surface area (Å²) in [6.45, 7) is 4.07. The zero-order valence-electron chi connectivity index (χ0n) is 10.1. The van der Waals surface area contributed by atoms with E-state index in [2.05, 4.69) is 5.32 Å². The number of alkyl carbamates (subject to hydrolysis) is 1. The number of carbonyl (C=O) groups excluding carboxylic acids is 1. The molecule has 0 aliphatic heterocycles. The van der Waals surface area contributed by atoms with E-state index in [-0.39, 0.29) is 6.04 Å². The average molecular weight is 235 g/mol. The summed E-state index contributed by atoms with van der Waals surface area (Å²) in [5, 5.41) is 12.8. The van der Waals surface area contributed by atoms with E-state index in [0.29, 0.717) is 13.0 Å². The molecule has 0 bridgehead atoms. The van der Waals surface area contributed by atoms with Gasteiger partial charge in [-0.25, -0.2) is 4.79 Å². The molecule has 4 heteroatoms. The minimum atomic E-state index is -0.644. The van der Waals surface area contributed by atoms with Crippen molar-refractivity contribution in [3.63, 3.8) is 0 Å². The fourth-order valence-electron chi connectivity index (χ4n) is 2.19. The van der Waals surface area contributed by atoms with Crippen LogP contribution in [0.5, 0.6) is 0 Å². The zero-order chi connectivity index (χ0) is 12.4. The van der Waals surface area contributed by atoms with E-state index in [9.17, 15) is 9.90 Å². The summed E-state index contributed by atoms with van der Waals surface area (Å²) < 4.78 is 4.81. The molecule has 17 heavy (non-hydrogen) atoms. The molecule has 0 saturated carbocycles. The first-order valence-corrected chi connectivity index (χ1v) is 5.82. The van der Waals surface area contributed by atoms with E-state index in [0.717, 1.165) is 16.7 Å². The highest BCUT2D eigenvalue weighted by Crippen LogP contribution is 2.31. The molecular formula is C13H17NO3. The molecule has 0 aromatic heterocycles. The van der Waals surface area contributed by atoms with Crippen LogP contribution in [0.1, 0.15) is 29.7 Å². The lowest BCUT2D eigenvalue weighted by atomic mass is 10.1. The van der Waals surface area contributed by atoms with Crippen molar-refractivity contribution in [3.8, 4) is 0 Å². The van der Waals surface area contributed by atoms with Crippen LogP contribution in [-0.4, -0.2) is 23.8 Å². The number of aryl methyl sites for hydroxylation is 1. The minimum absolute atomic E-state index is 0.286. The summed E-state index contributed by atoms with van der Waals surface area (Å²) in [6, 6.07) is 5.69. The maximum atomic E-state index is 11.3. The van der Waals surface area contributed by atoms with Gasteiger partial charge in [-0.15, -0.1) is 0 Å². The van der Waals surface area contributed by atoms with Gasteiger partial charge in [0, 0.05) is 0 Å². The van der Waals surface area contributed by atoms with E-state index in [1.807, 2.05) is 25.1 Å². The number of amides is 1. The van der Waals surface area contributed by atoms with Gasteiger partial charge in [0.25, 0.3) is 0 Å². The molecule has 92 valence electrons. The van der Waals surface area contributed by atoms with Crippen LogP contribution in [0.3, 0.4) is 0 Å². The Morgan fingerprint density at radius 3 is 3.06 bits per heavy atom. The highest BCUT2D eigenvalue weighted by atomic mass is 16.5.